The van der Waals surface area contributed by atoms with Gasteiger partial charge in [-0.3, -0.25) is 4.79 Å². The van der Waals surface area contributed by atoms with Crippen LogP contribution in [-0.4, -0.2) is 29.2 Å². The highest BCUT2D eigenvalue weighted by atomic mass is 16.1. The van der Waals surface area contributed by atoms with Gasteiger partial charge in [-0.15, -0.1) is 10.2 Å². The van der Waals surface area contributed by atoms with E-state index in [0.29, 0.717) is 11.7 Å². The van der Waals surface area contributed by atoms with E-state index in [0.717, 1.165) is 11.7 Å². The fraction of sp³-hybridized carbons (Fsp3) is 0.643. The third kappa shape index (κ3) is 3.66. The van der Waals surface area contributed by atoms with E-state index in [1.54, 1.807) is 13.1 Å². The van der Waals surface area contributed by atoms with Crippen molar-refractivity contribution in [2.24, 2.45) is 5.92 Å². The second-order valence-electron chi connectivity index (χ2n) is 5.15. The number of nitrogens with zero attached hydrogens (tertiary/aromatic N) is 2. The smallest absolute Gasteiger partial charge is 0.271 e. The maximum atomic E-state index is 11.3. The van der Waals surface area contributed by atoms with E-state index in [2.05, 4.69) is 27.8 Å². The van der Waals surface area contributed by atoms with Crippen LogP contribution in [0.3, 0.4) is 0 Å². The molecule has 0 aliphatic heterocycles. The quantitative estimate of drug-likeness (QED) is 0.873. The van der Waals surface area contributed by atoms with Gasteiger partial charge in [-0.05, 0) is 43.7 Å². The van der Waals surface area contributed by atoms with Crippen molar-refractivity contribution in [3.8, 4) is 0 Å². The first kappa shape index (κ1) is 13.8. The first-order valence-corrected chi connectivity index (χ1v) is 7.05. The molecule has 0 aromatic carbocycles. The summed E-state index contributed by atoms with van der Waals surface area (Å²) in [4.78, 5) is 11.3. The van der Waals surface area contributed by atoms with Crippen molar-refractivity contribution in [3.63, 3.8) is 0 Å². The zero-order chi connectivity index (χ0) is 13.7. The van der Waals surface area contributed by atoms with Gasteiger partial charge in [0, 0.05) is 13.1 Å². The van der Waals surface area contributed by atoms with Gasteiger partial charge in [0.05, 0.1) is 0 Å². The molecule has 1 aromatic heterocycles. The molecule has 0 bridgehead atoms. The predicted octanol–water partition coefficient (Wildman–Crippen LogP) is 2.22. The molecule has 5 heteroatoms. The molecule has 1 fully saturated rings. The highest BCUT2D eigenvalue weighted by Crippen LogP contribution is 2.27. The molecule has 1 saturated carbocycles. The van der Waals surface area contributed by atoms with Gasteiger partial charge in [0.2, 0.25) is 0 Å². The number of hydrogen-bond donors (Lipinski definition) is 2. The minimum atomic E-state index is -0.206. The van der Waals surface area contributed by atoms with E-state index in [1.807, 2.05) is 6.07 Å². The summed E-state index contributed by atoms with van der Waals surface area (Å²) in [7, 11) is 1.59. The topological polar surface area (TPSA) is 66.9 Å². The van der Waals surface area contributed by atoms with Crippen molar-refractivity contribution >= 4 is 11.7 Å². The molecule has 2 N–H and O–H groups in total. The Bertz CT molecular complexity index is 410. The van der Waals surface area contributed by atoms with Gasteiger partial charge in [-0.1, -0.05) is 13.3 Å². The van der Waals surface area contributed by atoms with E-state index in [-0.39, 0.29) is 5.91 Å². The number of carbonyl (C=O) groups is 1. The molecule has 19 heavy (non-hydrogen) atoms. The summed E-state index contributed by atoms with van der Waals surface area (Å²) in [5, 5.41) is 13.9. The summed E-state index contributed by atoms with van der Waals surface area (Å²) in [6.07, 6.45) is 6.25. The number of carbonyl (C=O) groups excluding carboxylic acids is 1. The highest BCUT2D eigenvalue weighted by Gasteiger charge is 2.20. The summed E-state index contributed by atoms with van der Waals surface area (Å²) < 4.78 is 0. The summed E-state index contributed by atoms with van der Waals surface area (Å²) in [5.41, 5.74) is 0.350. The largest absolute Gasteiger partial charge is 0.366 e. The lowest BCUT2D eigenvalue weighted by Crippen LogP contribution is -2.26. The minimum absolute atomic E-state index is 0.206. The Hall–Kier alpha value is -1.65. The molecule has 2 rings (SSSR count). The third-order valence-electron chi connectivity index (χ3n) is 3.90. The van der Waals surface area contributed by atoms with Crippen molar-refractivity contribution in [2.75, 3.05) is 12.4 Å². The summed E-state index contributed by atoms with van der Waals surface area (Å²) >= 11 is 0. The zero-order valence-electron chi connectivity index (χ0n) is 11.6. The number of hydrogen-bond acceptors (Lipinski definition) is 4. The van der Waals surface area contributed by atoms with Crippen LogP contribution in [-0.2, 0) is 0 Å². The van der Waals surface area contributed by atoms with Gasteiger partial charge < -0.3 is 10.6 Å². The second kappa shape index (κ2) is 6.50. The van der Waals surface area contributed by atoms with Crippen LogP contribution >= 0.6 is 0 Å². The molecular formula is C14H22N4O. The van der Waals surface area contributed by atoms with Gasteiger partial charge in [-0.25, -0.2) is 0 Å². The first-order valence-electron chi connectivity index (χ1n) is 7.05. The van der Waals surface area contributed by atoms with E-state index in [1.165, 1.54) is 32.1 Å². The molecule has 1 aliphatic carbocycles. The Kier molecular flexibility index (Phi) is 4.71. The lowest BCUT2D eigenvalue weighted by atomic mass is 9.84. The maximum Gasteiger partial charge on any atom is 0.271 e. The van der Waals surface area contributed by atoms with Crippen LogP contribution in [0.5, 0.6) is 0 Å². The third-order valence-corrected chi connectivity index (χ3v) is 3.90. The Morgan fingerprint density at radius 1 is 1.26 bits per heavy atom. The van der Waals surface area contributed by atoms with Crippen LogP contribution in [0.25, 0.3) is 0 Å². The van der Waals surface area contributed by atoms with Gasteiger partial charge >= 0.3 is 0 Å². The maximum absolute atomic E-state index is 11.3. The molecule has 104 valence electrons. The lowest BCUT2D eigenvalue weighted by molar-refractivity contribution is 0.0957. The van der Waals surface area contributed by atoms with Crippen molar-refractivity contribution < 1.29 is 4.79 Å². The van der Waals surface area contributed by atoms with Crippen LogP contribution in [0, 0.1) is 5.92 Å². The molecule has 0 radical (unpaired) electrons. The van der Waals surface area contributed by atoms with Crippen molar-refractivity contribution in [1.82, 2.24) is 15.5 Å². The van der Waals surface area contributed by atoms with Crippen molar-refractivity contribution in [3.05, 3.63) is 17.8 Å². The molecule has 5 nitrogen and oxygen atoms in total. The fourth-order valence-electron chi connectivity index (χ4n) is 2.58. The normalized spacial score (nSPS) is 22.8. The Balaban J connectivity index is 1.88. The second-order valence-corrected chi connectivity index (χ2v) is 5.15. The lowest BCUT2D eigenvalue weighted by Gasteiger charge is -2.28. The number of aromatic nitrogens is 2. The number of amides is 1. The molecular weight excluding hydrogens is 240 g/mol. The molecule has 0 unspecified atom stereocenters. The summed E-state index contributed by atoms with van der Waals surface area (Å²) in [6, 6.07) is 4.01. The Morgan fingerprint density at radius 2 is 2.00 bits per heavy atom. The predicted molar refractivity (Wildman–Crippen MR) is 75.1 cm³/mol. The van der Waals surface area contributed by atoms with Crippen LogP contribution < -0.4 is 10.6 Å². The Morgan fingerprint density at radius 3 is 2.53 bits per heavy atom. The van der Waals surface area contributed by atoms with E-state index >= 15 is 0 Å². The van der Waals surface area contributed by atoms with Gasteiger partial charge in [-0.2, -0.15) is 0 Å². The summed E-state index contributed by atoms with van der Waals surface area (Å²) in [5.74, 6) is 1.44. The SMILES string of the molecule is CCC1CCC(Nc2ccc(C(=O)NC)nn2)CC1. The molecule has 1 aromatic rings. The zero-order valence-corrected chi connectivity index (χ0v) is 11.6. The molecule has 0 spiro atoms. The molecule has 0 atom stereocenters. The molecule has 0 saturated heterocycles. The molecule has 1 amide bonds. The molecule has 1 heterocycles. The monoisotopic (exact) mass is 262 g/mol. The molecule has 1 aliphatic rings. The highest BCUT2D eigenvalue weighted by molar-refractivity contribution is 5.91. The number of rotatable bonds is 4. The first-order chi connectivity index (χ1) is 9.22. The van der Waals surface area contributed by atoms with Gasteiger partial charge in [0.1, 0.15) is 5.82 Å². The average molecular weight is 262 g/mol. The van der Waals surface area contributed by atoms with E-state index in [9.17, 15) is 4.79 Å². The van der Waals surface area contributed by atoms with Crippen LogP contribution in [0.15, 0.2) is 12.1 Å². The minimum Gasteiger partial charge on any atom is -0.366 e. The summed E-state index contributed by atoms with van der Waals surface area (Å²) in [6.45, 7) is 2.27. The fourth-order valence-corrected chi connectivity index (χ4v) is 2.58. The van der Waals surface area contributed by atoms with Crippen molar-refractivity contribution in [1.29, 1.82) is 0 Å². The van der Waals surface area contributed by atoms with Crippen LogP contribution in [0.1, 0.15) is 49.5 Å². The van der Waals surface area contributed by atoms with Crippen LogP contribution in [0.4, 0.5) is 5.82 Å². The van der Waals surface area contributed by atoms with E-state index < -0.39 is 0 Å². The Labute approximate surface area is 114 Å². The van der Waals surface area contributed by atoms with Crippen LogP contribution in [0.2, 0.25) is 0 Å². The standard InChI is InChI=1S/C14H22N4O/c1-3-10-4-6-11(7-5-10)16-13-9-8-12(17-18-13)14(19)15-2/h8-11H,3-7H2,1-2H3,(H,15,19)(H,16,18). The number of nitrogens with one attached hydrogen (secondary N) is 2. The van der Waals surface area contributed by atoms with Gasteiger partial charge in [0.25, 0.3) is 5.91 Å². The van der Waals surface area contributed by atoms with E-state index in [4.69, 9.17) is 0 Å². The number of anilines is 1. The van der Waals surface area contributed by atoms with Gasteiger partial charge in [0.15, 0.2) is 5.69 Å². The van der Waals surface area contributed by atoms with Crippen molar-refractivity contribution in [2.45, 2.75) is 45.1 Å². The average Bonchev–Trinajstić information content (AvgIpc) is 2.48.